The number of benzene rings is 2. The van der Waals surface area contributed by atoms with Gasteiger partial charge in [0.15, 0.2) is 5.17 Å². The van der Waals surface area contributed by atoms with Crippen LogP contribution < -0.4 is 10.6 Å². The molecule has 0 radical (unpaired) electrons. The summed E-state index contributed by atoms with van der Waals surface area (Å²) in [5, 5.41) is 14.3. The summed E-state index contributed by atoms with van der Waals surface area (Å²) >= 11 is 7.04. The molecule has 1 fully saturated rings. The molecule has 0 unspecified atom stereocenters. The predicted octanol–water partition coefficient (Wildman–Crippen LogP) is 4.07. The summed E-state index contributed by atoms with van der Waals surface area (Å²) in [6, 6.07) is 16.5. The van der Waals surface area contributed by atoms with E-state index in [2.05, 4.69) is 20.8 Å². The van der Waals surface area contributed by atoms with Gasteiger partial charge in [0, 0.05) is 17.1 Å². The largest absolute Gasteiger partial charge is 0.326 e. The third-order valence-electron chi connectivity index (χ3n) is 3.98. The van der Waals surface area contributed by atoms with Crippen LogP contribution >= 0.6 is 23.4 Å². The van der Waals surface area contributed by atoms with Crippen LogP contribution in [0.1, 0.15) is 25.3 Å². The van der Waals surface area contributed by atoms with Gasteiger partial charge in [-0.05, 0) is 36.2 Å². The van der Waals surface area contributed by atoms with E-state index in [9.17, 15) is 9.59 Å². The molecule has 0 aliphatic carbocycles. The molecule has 2 aromatic rings. The van der Waals surface area contributed by atoms with Gasteiger partial charge in [0.05, 0.1) is 5.71 Å². The smallest absolute Gasteiger partial charge is 0.240 e. The van der Waals surface area contributed by atoms with Crippen molar-refractivity contribution in [1.29, 1.82) is 0 Å². The van der Waals surface area contributed by atoms with Crippen LogP contribution in [0.4, 0.5) is 5.69 Å². The van der Waals surface area contributed by atoms with Crippen LogP contribution in [0.5, 0.6) is 0 Å². The van der Waals surface area contributed by atoms with Crippen molar-refractivity contribution in [1.82, 2.24) is 5.32 Å². The SMILES string of the molecule is CC/C(=N/N=C1\NC(=O)[C@@H](CC(=O)Nc2ccc(Cl)cc2)S1)c1ccccc1. The molecule has 1 aliphatic heterocycles. The molecule has 2 amide bonds. The Kier molecular flexibility index (Phi) is 6.84. The highest BCUT2D eigenvalue weighted by atomic mass is 35.5. The molecule has 3 rings (SSSR count). The van der Waals surface area contributed by atoms with Crippen molar-refractivity contribution in [2.45, 2.75) is 25.0 Å². The average molecular weight is 415 g/mol. The maximum Gasteiger partial charge on any atom is 0.240 e. The molecule has 1 heterocycles. The highest BCUT2D eigenvalue weighted by molar-refractivity contribution is 8.15. The van der Waals surface area contributed by atoms with Crippen molar-refractivity contribution in [2.75, 3.05) is 5.32 Å². The lowest BCUT2D eigenvalue weighted by Gasteiger charge is -2.07. The summed E-state index contributed by atoms with van der Waals surface area (Å²) in [4.78, 5) is 24.3. The van der Waals surface area contributed by atoms with Gasteiger partial charge in [0.25, 0.3) is 0 Å². The van der Waals surface area contributed by atoms with E-state index in [1.807, 2.05) is 37.3 Å². The molecule has 0 aromatic heterocycles. The number of nitrogens with zero attached hydrogens (tertiary/aromatic N) is 2. The van der Waals surface area contributed by atoms with Crippen molar-refractivity contribution in [3.05, 3.63) is 65.2 Å². The lowest BCUT2D eigenvalue weighted by molar-refractivity contribution is -0.122. The van der Waals surface area contributed by atoms with Crippen LogP contribution in [0.2, 0.25) is 5.02 Å². The van der Waals surface area contributed by atoms with Crippen molar-refractivity contribution in [3.8, 4) is 0 Å². The van der Waals surface area contributed by atoms with E-state index in [1.54, 1.807) is 24.3 Å². The number of rotatable bonds is 6. The Morgan fingerprint density at radius 3 is 2.57 bits per heavy atom. The summed E-state index contributed by atoms with van der Waals surface area (Å²) in [5.74, 6) is -0.499. The van der Waals surface area contributed by atoms with Crippen molar-refractivity contribution >= 4 is 51.7 Å². The van der Waals surface area contributed by atoms with Crippen LogP contribution in [0, 0.1) is 0 Å². The molecule has 0 bridgehead atoms. The zero-order valence-electron chi connectivity index (χ0n) is 15.2. The second-order valence-electron chi connectivity index (χ2n) is 6.03. The van der Waals surface area contributed by atoms with E-state index >= 15 is 0 Å². The normalized spacial score (nSPS) is 18.2. The highest BCUT2D eigenvalue weighted by Gasteiger charge is 2.32. The van der Waals surface area contributed by atoms with Crippen LogP contribution in [0.25, 0.3) is 0 Å². The van der Waals surface area contributed by atoms with Crippen molar-refractivity contribution in [3.63, 3.8) is 0 Å². The first-order valence-corrected chi connectivity index (χ1v) is 10.0. The molecule has 2 N–H and O–H groups in total. The van der Waals surface area contributed by atoms with Crippen molar-refractivity contribution < 1.29 is 9.59 Å². The highest BCUT2D eigenvalue weighted by Crippen LogP contribution is 2.23. The minimum absolute atomic E-state index is 0.0428. The van der Waals surface area contributed by atoms with E-state index < -0.39 is 5.25 Å². The Balaban J connectivity index is 1.61. The second kappa shape index (κ2) is 9.52. The molecule has 144 valence electrons. The minimum Gasteiger partial charge on any atom is -0.326 e. The number of hydrogen-bond acceptors (Lipinski definition) is 5. The van der Waals surface area contributed by atoms with E-state index in [0.29, 0.717) is 22.3 Å². The third kappa shape index (κ3) is 5.43. The van der Waals surface area contributed by atoms with Gasteiger partial charge in [0.2, 0.25) is 11.8 Å². The van der Waals surface area contributed by atoms with E-state index in [4.69, 9.17) is 11.6 Å². The number of hydrogen-bond donors (Lipinski definition) is 2. The van der Waals surface area contributed by atoms with Crippen LogP contribution in [0.3, 0.4) is 0 Å². The zero-order chi connectivity index (χ0) is 19.9. The fourth-order valence-corrected chi connectivity index (χ4v) is 3.61. The van der Waals surface area contributed by atoms with Crippen LogP contribution in [-0.2, 0) is 9.59 Å². The van der Waals surface area contributed by atoms with Crippen molar-refractivity contribution in [2.24, 2.45) is 10.2 Å². The number of anilines is 1. The third-order valence-corrected chi connectivity index (χ3v) is 5.30. The molecule has 28 heavy (non-hydrogen) atoms. The van der Waals surface area contributed by atoms with Crippen LogP contribution in [0.15, 0.2) is 64.8 Å². The molecule has 2 aromatic carbocycles. The fraction of sp³-hybridized carbons (Fsp3) is 0.200. The number of carbonyl (C=O) groups excluding carboxylic acids is 2. The Labute approximate surface area is 172 Å². The predicted molar refractivity (Wildman–Crippen MR) is 115 cm³/mol. The van der Waals surface area contributed by atoms with Crippen LogP contribution in [-0.4, -0.2) is 27.9 Å². The molecule has 8 heteroatoms. The van der Waals surface area contributed by atoms with Gasteiger partial charge in [-0.2, -0.15) is 5.10 Å². The standard InChI is InChI=1S/C20H19ClN4O2S/c1-2-16(13-6-4-3-5-7-13)24-25-20-23-19(27)17(28-20)12-18(26)22-15-10-8-14(21)9-11-15/h3-11,17H,2,12H2,1H3,(H,22,26)(H,23,25,27)/b24-16-/t17-/m1/s1. The summed E-state index contributed by atoms with van der Waals surface area (Å²) in [5.41, 5.74) is 2.45. The summed E-state index contributed by atoms with van der Waals surface area (Å²) in [6.45, 7) is 2.00. The summed E-state index contributed by atoms with van der Waals surface area (Å²) in [7, 11) is 0. The first-order chi connectivity index (χ1) is 13.5. The summed E-state index contributed by atoms with van der Waals surface area (Å²) in [6.07, 6.45) is 0.757. The lowest BCUT2D eigenvalue weighted by Crippen LogP contribution is -2.28. The molecule has 0 spiro atoms. The lowest BCUT2D eigenvalue weighted by atomic mass is 10.1. The topological polar surface area (TPSA) is 82.9 Å². The Hall–Kier alpha value is -2.64. The maximum atomic E-state index is 12.2. The van der Waals surface area contributed by atoms with Gasteiger partial charge in [-0.1, -0.05) is 60.6 Å². The molecule has 1 saturated heterocycles. The number of amides is 2. The number of amidine groups is 1. The Morgan fingerprint density at radius 2 is 1.89 bits per heavy atom. The molecule has 1 aliphatic rings. The van der Waals surface area contributed by atoms with Gasteiger partial charge >= 0.3 is 0 Å². The molecular formula is C20H19ClN4O2S. The number of thioether (sulfide) groups is 1. The first-order valence-electron chi connectivity index (χ1n) is 8.78. The van der Waals surface area contributed by atoms with Gasteiger partial charge < -0.3 is 10.6 Å². The average Bonchev–Trinajstić information content (AvgIpc) is 3.04. The number of nitrogens with one attached hydrogen (secondary N) is 2. The molecular weight excluding hydrogens is 396 g/mol. The Morgan fingerprint density at radius 1 is 1.18 bits per heavy atom. The quantitative estimate of drug-likeness (QED) is 0.552. The first kappa shape index (κ1) is 20.1. The number of halogens is 1. The summed E-state index contributed by atoms with van der Waals surface area (Å²) < 4.78 is 0. The fourth-order valence-electron chi connectivity index (χ4n) is 2.57. The van der Waals surface area contributed by atoms with Gasteiger partial charge in [-0.3, -0.25) is 9.59 Å². The van der Waals surface area contributed by atoms with Gasteiger partial charge in [-0.15, -0.1) is 5.10 Å². The van der Waals surface area contributed by atoms with E-state index in [0.717, 1.165) is 11.3 Å². The molecule has 0 saturated carbocycles. The van der Waals surface area contributed by atoms with Gasteiger partial charge in [0.1, 0.15) is 5.25 Å². The minimum atomic E-state index is -0.539. The molecule has 6 nitrogen and oxygen atoms in total. The molecule has 1 atom stereocenters. The van der Waals surface area contributed by atoms with E-state index in [-0.39, 0.29) is 18.2 Å². The van der Waals surface area contributed by atoms with Gasteiger partial charge in [-0.25, -0.2) is 0 Å². The Bertz CT molecular complexity index is 914. The monoisotopic (exact) mass is 414 g/mol. The maximum absolute atomic E-state index is 12.2. The van der Waals surface area contributed by atoms with E-state index in [1.165, 1.54) is 11.8 Å². The zero-order valence-corrected chi connectivity index (χ0v) is 16.8. The second-order valence-corrected chi connectivity index (χ2v) is 7.65. The number of carbonyl (C=O) groups is 2.